The third-order valence-electron chi connectivity index (χ3n) is 3.36. The highest BCUT2D eigenvalue weighted by Crippen LogP contribution is 2.33. The van der Waals surface area contributed by atoms with E-state index in [1.807, 2.05) is 0 Å². The number of hydrogen-bond acceptors (Lipinski definition) is 6. The number of carbonyl (C=O) groups is 1. The Morgan fingerprint density at radius 3 is 2.57 bits per heavy atom. The average molecular weight is 420 g/mol. The maximum Gasteiger partial charge on any atom is 0.416 e. The van der Waals surface area contributed by atoms with Gasteiger partial charge >= 0.3 is 6.18 Å². The Kier molecular flexibility index (Phi) is 6.62. The summed E-state index contributed by atoms with van der Waals surface area (Å²) in [5, 5.41) is 13.2. The zero-order valence-electron chi connectivity index (χ0n) is 14.2. The molecule has 2 rings (SSSR count). The molecule has 0 bridgehead atoms. The number of nitrogens with one attached hydrogen (secondary N) is 1. The monoisotopic (exact) mass is 419 g/mol. The van der Waals surface area contributed by atoms with Gasteiger partial charge in [0.15, 0.2) is 0 Å². The van der Waals surface area contributed by atoms with Gasteiger partial charge in [-0.2, -0.15) is 18.2 Å². The lowest BCUT2D eigenvalue weighted by Gasteiger charge is -2.12. The van der Waals surface area contributed by atoms with Crippen molar-refractivity contribution in [2.45, 2.75) is 6.18 Å². The van der Waals surface area contributed by atoms with Gasteiger partial charge in [-0.1, -0.05) is 11.6 Å². The first-order valence-electron chi connectivity index (χ1n) is 7.60. The fourth-order valence-electron chi connectivity index (χ4n) is 2.04. The van der Waals surface area contributed by atoms with Crippen LogP contribution in [0.4, 0.5) is 18.9 Å². The Morgan fingerprint density at radius 1 is 1.29 bits per heavy atom. The number of ether oxygens (including phenoxy) is 2. The van der Waals surface area contributed by atoms with E-state index in [9.17, 15) is 28.1 Å². The Labute approximate surface area is 161 Å². The van der Waals surface area contributed by atoms with Crippen molar-refractivity contribution in [1.29, 1.82) is 0 Å². The molecule has 1 aromatic heterocycles. The number of methoxy groups -OCH3 is 1. The fourth-order valence-corrected chi connectivity index (χ4v) is 2.24. The molecule has 0 radical (unpaired) electrons. The maximum atomic E-state index is 12.8. The minimum Gasteiger partial charge on any atom is -0.481 e. The molecule has 0 saturated carbocycles. The quantitative estimate of drug-likeness (QED) is 0.418. The Morgan fingerprint density at radius 2 is 1.96 bits per heavy atom. The van der Waals surface area contributed by atoms with Crippen LogP contribution in [0.5, 0.6) is 11.8 Å². The molecular formula is C16H13ClF3N3O5. The highest BCUT2D eigenvalue weighted by Gasteiger charge is 2.32. The van der Waals surface area contributed by atoms with Crippen LogP contribution in [0.3, 0.4) is 0 Å². The van der Waals surface area contributed by atoms with Gasteiger partial charge in [0.05, 0.1) is 34.7 Å². The number of alkyl halides is 3. The molecule has 1 N–H and O–H groups in total. The molecule has 0 unspecified atom stereocenters. The van der Waals surface area contributed by atoms with E-state index in [1.165, 1.54) is 6.07 Å². The van der Waals surface area contributed by atoms with E-state index in [2.05, 4.69) is 10.3 Å². The second kappa shape index (κ2) is 8.74. The van der Waals surface area contributed by atoms with E-state index in [0.29, 0.717) is 6.07 Å². The molecule has 150 valence electrons. The van der Waals surface area contributed by atoms with Crippen LogP contribution in [-0.4, -0.2) is 36.1 Å². The average Bonchev–Trinajstić information content (AvgIpc) is 2.64. The first kappa shape index (κ1) is 21.2. The smallest absolute Gasteiger partial charge is 0.416 e. The predicted molar refractivity (Wildman–Crippen MR) is 91.7 cm³/mol. The van der Waals surface area contributed by atoms with Crippen molar-refractivity contribution in [2.75, 3.05) is 20.3 Å². The minimum absolute atomic E-state index is 0.00768. The third-order valence-corrected chi connectivity index (χ3v) is 3.69. The molecule has 0 aliphatic carbocycles. The summed E-state index contributed by atoms with van der Waals surface area (Å²) in [6.07, 6.45) is -4.61. The van der Waals surface area contributed by atoms with Gasteiger partial charge in [-0.15, -0.1) is 0 Å². The third kappa shape index (κ3) is 5.46. The summed E-state index contributed by atoms with van der Waals surface area (Å²) in [4.78, 5) is 25.9. The first-order valence-corrected chi connectivity index (χ1v) is 7.98. The summed E-state index contributed by atoms with van der Waals surface area (Å²) >= 11 is 5.85. The van der Waals surface area contributed by atoms with Crippen LogP contribution in [0.2, 0.25) is 5.02 Å². The summed E-state index contributed by atoms with van der Waals surface area (Å²) < 4.78 is 48.3. The van der Waals surface area contributed by atoms with Crippen LogP contribution in [0.25, 0.3) is 0 Å². The lowest BCUT2D eigenvalue weighted by molar-refractivity contribution is -0.384. The number of pyridine rings is 1. The summed E-state index contributed by atoms with van der Waals surface area (Å²) in [5.74, 6) is -1.32. The fraction of sp³-hybridized carbons (Fsp3) is 0.250. The van der Waals surface area contributed by atoms with Gasteiger partial charge in [0, 0.05) is 24.3 Å². The van der Waals surface area contributed by atoms with Gasteiger partial charge in [-0.3, -0.25) is 14.9 Å². The molecule has 2 aromatic rings. The standard InChI is InChI=1S/C16H13ClF3N3O5/c1-27-13-6-9(16(18,19)20)7-14(22-13)28-5-4-21-15(24)11-8-10(23(25)26)2-3-12(11)17/h2-3,6-8H,4-5H2,1H3,(H,21,24). The molecule has 1 aromatic carbocycles. The molecule has 1 heterocycles. The highest BCUT2D eigenvalue weighted by atomic mass is 35.5. The number of halogens is 4. The van der Waals surface area contributed by atoms with Gasteiger partial charge in [-0.25, -0.2) is 0 Å². The lowest BCUT2D eigenvalue weighted by atomic mass is 10.2. The number of rotatable bonds is 7. The molecule has 1 amide bonds. The van der Waals surface area contributed by atoms with Crippen LogP contribution < -0.4 is 14.8 Å². The first-order chi connectivity index (χ1) is 13.1. The largest absolute Gasteiger partial charge is 0.481 e. The Bertz CT molecular complexity index is 892. The van der Waals surface area contributed by atoms with Gasteiger partial charge in [0.1, 0.15) is 6.61 Å². The number of carbonyl (C=O) groups excluding carboxylic acids is 1. The van der Waals surface area contributed by atoms with Crippen molar-refractivity contribution in [2.24, 2.45) is 0 Å². The second-order valence-electron chi connectivity index (χ2n) is 5.26. The van der Waals surface area contributed by atoms with Crippen molar-refractivity contribution in [3.63, 3.8) is 0 Å². The number of amides is 1. The van der Waals surface area contributed by atoms with Crippen LogP contribution in [0.1, 0.15) is 15.9 Å². The van der Waals surface area contributed by atoms with Crippen LogP contribution in [-0.2, 0) is 6.18 Å². The molecule has 0 spiro atoms. The minimum atomic E-state index is -4.61. The van der Waals surface area contributed by atoms with Gasteiger partial charge in [0.2, 0.25) is 11.8 Å². The Hall–Kier alpha value is -3.08. The summed E-state index contributed by atoms with van der Waals surface area (Å²) in [7, 11) is 1.16. The van der Waals surface area contributed by atoms with Crippen LogP contribution >= 0.6 is 11.6 Å². The van der Waals surface area contributed by atoms with Crippen molar-refractivity contribution in [3.05, 3.63) is 56.6 Å². The lowest BCUT2D eigenvalue weighted by Crippen LogP contribution is -2.28. The topological polar surface area (TPSA) is 104 Å². The number of nitrogens with zero attached hydrogens (tertiary/aromatic N) is 2. The van der Waals surface area contributed by atoms with E-state index in [4.69, 9.17) is 21.1 Å². The Balaban J connectivity index is 1.99. The highest BCUT2D eigenvalue weighted by molar-refractivity contribution is 6.33. The van der Waals surface area contributed by atoms with Crippen molar-refractivity contribution < 1.29 is 32.4 Å². The molecule has 0 saturated heterocycles. The van der Waals surface area contributed by atoms with E-state index < -0.39 is 22.6 Å². The molecular weight excluding hydrogens is 407 g/mol. The van der Waals surface area contributed by atoms with E-state index in [0.717, 1.165) is 25.3 Å². The molecule has 0 aliphatic heterocycles. The SMILES string of the molecule is COc1cc(C(F)(F)F)cc(OCCNC(=O)c2cc([N+](=O)[O-])ccc2Cl)n1. The van der Waals surface area contributed by atoms with E-state index in [1.54, 1.807) is 0 Å². The second-order valence-corrected chi connectivity index (χ2v) is 5.67. The maximum absolute atomic E-state index is 12.8. The normalized spacial score (nSPS) is 11.0. The van der Waals surface area contributed by atoms with Crippen molar-refractivity contribution in [3.8, 4) is 11.8 Å². The van der Waals surface area contributed by atoms with Gasteiger partial charge in [0.25, 0.3) is 11.6 Å². The number of nitro groups is 1. The number of non-ortho nitro benzene ring substituents is 1. The number of hydrogen-bond donors (Lipinski definition) is 1. The van der Waals surface area contributed by atoms with Crippen LogP contribution in [0.15, 0.2) is 30.3 Å². The summed E-state index contributed by atoms with van der Waals surface area (Å²) in [6.45, 7) is -0.326. The molecule has 8 nitrogen and oxygen atoms in total. The van der Waals surface area contributed by atoms with Gasteiger partial charge < -0.3 is 14.8 Å². The summed E-state index contributed by atoms with van der Waals surface area (Å²) in [6, 6.07) is 4.79. The number of nitro benzene ring substituents is 1. The predicted octanol–water partition coefficient (Wildman–Crippen LogP) is 3.48. The zero-order chi connectivity index (χ0) is 20.9. The van der Waals surface area contributed by atoms with E-state index >= 15 is 0 Å². The zero-order valence-corrected chi connectivity index (χ0v) is 15.0. The molecule has 0 fully saturated rings. The molecule has 0 aliphatic rings. The van der Waals surface area contributed by atoms with Crippen molar-refractivity contribution in [1.82, 2.24) is 10.3 Å². The van der Waals surface area contributed by atoms with Crippen molar-refractivity contribution >= 4 is 23.2 Å². The summed E-state index contributed by atoms with van der Waals surface area (Å²) in [5.41, 5.74) is -1.43. The molecule has 12 heteroatoms. The van der Waals surface area contributed by atoms with Gasteiger partial charge in [-0.05, 0) is 6.07 Å². The van der Waals surface area contributed by atoms with Crippen LogP contribution in [0, 0.1) is 10.1 Å². The van der Waals surface area contributed by atoms with E-state index in [-0.39, 0.29) is 41.2 Å². The molecule has 0 atom stereocenters. The molecule has 28 heavy (non-hydrogen) atoms. The number of benzene rings is 1. The number of aromatic nitrogens is 1.